The summed E-state index contributed by atoms with van der Waals surface area (Å²) in [6.45, 7) is -0.454. The summed E-state index contributed by atoms with van der Waals surface area (Å²) in [5, 5.41) is 0. The van der Waals surface area contributed by atoms with Crippen molar-refractivity contribution in [1.82, 2.24) is 4.90 Å². The molecule has 104 valence electrons. The highest BCUT2D eigenvalue weighted by molar-refractivity contribution is 6.20. The van der Waals surface area contributed by atoms with Crippen LogP contribution in [0.1, 0.15) is 5.56 Å². The number of benzene rings is 1. The number of hydrogen-bond donors (Lipinski definition) is 0. The third kappa shape index (κ3) is 2.32. The van der Waals surface area contributed by atoms with Crippen LogP contribution in [0.15, 0.2) is 24.3 Å². The number of halogens is 3. The van der Waals surface area contributed by atoms with E-state index in [9.17, 15) is 22.8 Å². The molecule has 0 radical (unpaired) electrons. The van der Waals surface area contributed by atoms with Crippen molar-refractivity contribution in [2.75, 3.05) is 18.0 Å². The van der Waals surface area contributed by atoms with Crippen LogP contribution in [0.3, 0.4) is 0 Å². The fourth-order valence-electron chi connectivity index (χ4n) is 1.93. The number of urea groups is 1. The predicted octanol–water partition coefficient (Wildman–Crippen LogP) is 2.11. The third-order valence-electron chi connectivity index (χ3n) is 2.77. The first-order chi connectivity index (χ1) is 9.36. The molecule has 20 heavy (non-hydrogen) atoms. The van der Waals surface area contributed by atoms with Gasteiger partial charge >= 0.3 is 12.2 Å². The van der Waals surface area contributed by atoms with Crippen LogP contribution < -0.4 is 4.90 Å². The smallest absolute Gasteiger partial charge is 0.303 e. The fourth-order valence-corrected chi connectivity index (χ4v) is 1.93. The average molecular weight is 282 g/mol. The first kappa shape index (κ1) is 13.9. The standard InChI is InChI=1S/C13H9F3N2O2/c1-2-7-17-8-11(19)18(12(17)20)10-6-4-3-5-9(10)13(14,15)16/h1,3-6H,7-8H2. The van der Waals surface area contributed by atoms with Crippen molar-refractivity contribution < 1.29 is 22.8 Å². The van der Waals surface area contributed by atoms with E-state index in [-0.39, 0.29) is 13.1 Å². The second-order valence-electron chi connectivity index (χ2n) is 4.09. The van der Waals surface area contributed by atoms with E-state index >= 15 is 0 Å². The molecule has 0 aromatic heterocycles. The molecule has 4 nitrogen and oxygen atoms in total. The number of hydrogen-bond acceptors (Lipinski definition) is 2. The minimum absolute atomic E-state index is 0.130. The van der Waals surface area contributed by atoms with Crippen molar-refractivity contribution in [3.63, 3.8) is 0 Å². The summed E-state index contributed by atoms with van der Waals surface area (Å²) in [6.07, 6.45) is 0.390. The molecule has 1 aromatic rings. The lowest BCUT2D eigenvalue weighted by Crippen LogP contribution is -2.34. The van der Waals surface area contributed by atoms with E-state index in [0.717, 1.165) is 17.0 Å². The van der Waals surface area contributed by atoms with E-state index in [0.29, 0.717) is 4.90 Å². The Labute approximate surface area is 112 Å². The summed E-state index contributed by atoms with van der Waals surface area (Å²) in [6, 6.07) is 3.58. The molecule has 1 saturated heterocycles. The van der Waals surface area contributed by atoms with E-state index in [1.54, 1.807) is 0 Å². The number of carbonyl (C=O) groups excluding carboxylic acids is 2. The number of para-hydroxylation sites is 1. The van der Waals surface area contributed by atoms with Crippen LogP contribution in [0, 0.1) is 12.3 Å². The molecule has 0 bridgehead atoms. The number of imide groups is 1. The number of nitrogens with zero attached hydrogens (tertiary/aromatic N) is 2. The van der Waals surface area contributed by atoms with Crippen LogP contribution in [-0.2, 0) is 11.0 Å². The van der Waals surface area contributed by atoms with Gasteiger partial charge in [-0.05, 0) is 12.1 Å². The van der Waals surface area contributed by atoms with Gasteiger partial charge < -0.3 is 4.90 Å². The molecule has 0 spiro atoms. The minimum atomic E-state index is -4.66. The molecule has 0 atom stereocenters. The zero-order chi connectivity index (χ0) is 14.9. The van der Waals surface area contributed by atoms with E-state index in [2.05, 4.69) is 5.92 Å². The molecule has 1 aromatic carbocycles. The zero-order valence-corrected chi connectivity index (χ0v) is 10.1. The molecule has 0 saturated carbocycles. The van der Waals surface area contributed by atoms with Gasteiger partial charge in [0.15, 0.2) is 0 Å². The van der Waals surface area contributed by atoms with Gasteiger partial charge in [-0.2, -0.15) is 13.2 Å². The lowest BCUT2D eigenvalue weighted by Gasteiger charge is -2.19. The highest BCUT2D eigenvalue weighted by Crippen LogP contribution is 2.37. The molecule has 0 aliphatic carbocycles. The number of rotatable bonds is 2. The predicted molar refractivity (Wildman–Crippen MR) is 64.7 cm³/mol. The highest BCUT2D eigenvalue weighted by atomic mass is 19.4. The Kier molecular flexibility index (Phi) is 3.40. The van der Waals surface area contributed by atoms with Crippen LogP contribution in [0.2, 0.25) is 0 Å². The maximum Gasteiger partial charge on any atom is 0.418 e. The zero-order valence-electron chi connectivity index (χ0n) is 10.1. The molecule has 1 aliphatic heterocycles. The summed E-state index contributed by atoms with van der Waals surface area (Å²) < 4.78 is 38.7. The van der Waals surface area contributed by atoms with Crippen LogP contribution in [0.4, 0.5) is 23.7 Å². The monoisotopic (exact) mass is 282 g/mol. The first-order valence-corrected chi connectivity index (χ1v) is 5.58. The third-order valence-corrected chi connectivity index (χ3v) is 2.77. The normalized spacial score (nSPS) is 15.7. The molecule has 0 N–H and O–H groups in total. The molecule has 1 fully saturated rings. The van der Waals surface area contributed by atoms with Crippen LogP contribution >= 0.6 is 0 Å². The van der Waals surface area contributed by atoms with Gasteiger partial charge in [-0.25, -0.2) is 9.69 Å². The lowest BCUT2D eigenvalue weighted by atomic mass is 10.1. The molecular weight excluding hydrogens is 273 g/mol. The fraction of sp³-hybridized carbons (Fsp3) is 0.231. The Hall–Kier alpha value is -2.49. The van der Waals surface area contributed by atoms with Gasteiger partial charge in [0, 0.05) is 0 Å². The Balaban J connectivity index is 2.45. The number of amides is 3. The second-order valence-corrected chi connectivity index (χ2v) is 4.09. The number of terminal acetylenes is 1. The number of carbonyl (C=O) groups is 2. The van der Waals surface area contributed by atoms with E-state index in [1.807, 2.05) is 0 Å². The number of alkyl halides is 3. The van der Waals surface area contributed by atoms with Crippen molar-refractivity contribution in [2.24, 2.45) is 0 Å². The van der Waals surface area contributed by atoms with Crippen molar-refractivity contribution in [3.8, 4) is 12.3 Å². The molecule has 7 heteroatoms. The van der Waals surface area contributed by atoms with Gasteiger partial charge in [0.2, 0.25) is 0 Å². The van der Waals surface area contributed by atoms with Crippen molar-refractivity contribution in [2.45, 2.75) is 6.18 Å². The Bertz CT molecular complexity index is 604. The summed E-state index contributed by atoms with van der Waals surface area (Å²) in [5.74, 6) is 1.45. The topological polar surface area (TPSA) is 40.6 Å². The summed E-state index contributed by atoms with van der Waals surface area (Å²) in [4.78, 5) is 25.3. The van der Waals surface area contributed by atoms with Crippen molar-refractivity contribution >= 4 is 17.6 Å². The maximum atomic E-state index is 12.9. The molecule has 2 rings (SSSR count). The van der Waals surface area contributed by atoms with E-state index in [4.69, 9.17) is 6.42 Å². The van der Waals surface area contributed by atoms with Gasteiger partial charge in [0.25, 0.3) is 5.91 Å². The van der Waals surface area contributed by atoms with Crippen LogP contribution in [0.25, 0.3) is 0 Å². The second kappa shape index (κ2) is 4.89. The molecule has 0 unspecified atom stereocenters. The van der Waals surface area contributed by atoms with Crippen LogP contribution in [0.5, 0.6) is 0 Å². The summed E-state index contributed by atoms with van der Waals surface area (Å²) >= 11 is 0. The maximum absolute atomic E-state index is 12.9. The first-order valence-electron chi connectivity index (χ1n) is 5.58. The molecular formula is C13H9F3N2O2. The van der Waals surface area contributed by atoms with Crippen molar-refractivity contribution in [3.05, 3.63) is 29.8 Å². The lowest BCUT2D eigenvalue weighted by molar-refractivity contribution is -0.137. The van der Waals surface area contributed by atoms with Gasteiger partial charge in [0.1, 0.15) is 6.54 Å². The average Bonchev–Trinajstić information content (AvgIpc) is 2.64. The SMILES string of the molecule is C#CCN1CC(=O)N(c2ccccc2C(F)(F)F)C1=O. The largest absolute Gasteiger partial charge is 0.418 e. The Morgan fingerprint density at radius 1 is 1.25 bits per heavy atom. The van der Waals surface area contributed by atoms with E-state index < -0.39 is 29.4 Å². The van der Waals surface area contributed by atoms with Gasteiger partial charge in [-0.1, -0.05) is 18.1 Å². The quantitative estimate of drug-likeness (QED) is 0.615. The Morgan fingerprint density at radius 2 is 1.90 bits per heavy atom. The number of anilines is 1. The Morgan fingerprint density at radius 3 is 2.50 bits per heavy atom. The molecule has 1 aliphatic rings. The van der Waals surface area contributed by atoms with E-state index in [1.165, 1.54) is 12.1 Å². The minimum Gasteiger partial charge on any atom is -0.303 e. The highest BCUT2D eigenvalue weighted by Gasteiger charge is 2.42. The van der Waals surface area contributed by atoms with Crippen molar-refractivity contribution in [1.29, 1.82) is 0 Å². The van der Waals surface area contributed by atoms with Gasteiger partial charge in [0.05, 0.1) is 17.8 Å². The molecule has 1 heterocycles. The van der Waals surface area contributed by atoms with Gasteiger partial charge in [-0.3, -0.25) is 4.79 Å². The van der Waals surface area contributed by atoms with Crippen LogP contribution in [-0.4, -0.2) is 29.9 Å². The summed E-state index contributed by atoms with van der Waals surface area (Å²) in [5.41, 5.74) is -1.52. The van der Waals surface area contributed by atoms with Gasteiger partial charge in [-0.15, -0.1) is 6.42 Å². The molecule has 3 amide bonds. The summed E-state index contributed by atoms with van der Waals surface area (Å²) in [7, 11) is 0.